The van der Waals surface area contributed by atoms with Crippen molar-refractivity contribution < 1.29 is 0 Å². The third-order valence-corrected chi connectivity index (χ3v) is 4.07. The Labute approximate surface area is 109 Å². The normalized spacial score (nSPS) is 11.7. The summed E-state index contributed by atoms with van der Waals surface area (Å²) >= 11 is 1.93. The number of thioether (sulfide) groups is 1. The lowest BCUT2D eigenvalue weighted by atomic mass is 10.2. The van der Waals surface area contributed by atoms with E-state index < -0.39 is 0 Å². The van der Waals surface area contributed by atoms with Crippen molar-refractivity contribution >= 4 is 11.8 Å². The number of hydrogen-bond donors (Lipinski definition) is 1. The molecule has 0 aromatic heterocycles. The molecule has 0 spiro atoms. The number of benzene rings is 1. The van der Waals surface area contributed by atoms with Crippen LogP contribution < -0.4 is 5.32 Å². The average Bonchev–Trinajstić information content (AvgIpc) is 2.35. The minimum atomic E-state index is 0.542. The Hall–Kier alpha value is -0.910. The van der Waals surface area contributed by atoms with Gasteiger partial charge in [0.1, 0.15) is 0 Å². The van der Waals surface area contributed by atoms with Crippen molar-refractivity contribution in [2.24, 2.45) is 0 Å². The van der Waals surface area contributed by atoms with E-state index in [0.717, 1.165) is 18.6 Å². The lowest BCUT2D eigenvalue weighted by molar-refractivity contribution is 0.582. The Kier molecular flexibility index (Phi) is 6.84. The highest BCUT2D eigenvalue weighted by molar-refractivity contribution is 7.99. The predicted molar refractivity (Wildman–Crippen MR) is 77.4 cm³/mol. The molecule has 0 heterocycles. The summed E-state index contributed by atoms with van der Waals surface area (Å²) in [5.41, 5.74) is 1.36. The molecular formula is C15H21NS. The Balaban J connectivity index is 2.41. The van der Waals surface area contributed by atoms with Crippen LogP contribution in [-0.4, -0.2) is 18.8 Å². The van der Waals surface area contributed by atoms with E-state index in [1.54, 1.807) is 0 Å². The van der Waals surface area contributed by atoms with Gasteiger partial charge in [-0.3, -0.25) is 0 Å². The second kappa shape index (κ2) is 8.22. The minimum absolute atomic E-state index is 0.542. The topological polar surface area (TPSA) is 12.0 Å². The van der Waals surface area contributed by atoms with E-state index >= 15 is 0 Å². The fourth-order valence-electron chi connectivity index (χ4n) is 1.59. The van der Waals surface area contributed by atoms with E-state index in [1.165, 1.54) is 10.5 Å². The van der Waals surface area contributed by atoms with Gasteiger partial charge < -0.3 is 5.32 Å². The number of rotatable bonds is 6. The van der Waals surface area contributed by atoms with Crippen LogP contribution in [0, 0.1) is 18.8 Å². The third kappa shape index (κ3) is 5.30. The molecule has 0 saturated carbocycles. The summed E-state index contributed by atoms with van der Waals surface area (Å²) in [6.07, 6.45) is 2.10. The van der Waals surface area contributed by atoms with E-state index in [1.807, 2.05) is 25.7 Å². The van der Waals surface area contributed by atoms with Gasteiger partial charge in [0, 0.05) is 23.1 Å². The maximum atomic E-state index is 3.36. The Morgan fingerprint density at radius 1 is 1.35 bits per heavy atom. The van der Waals surface area contributed by atoms with Crippen LogP contribution in [0.2, 0.25) is 0 Å². The lowest BCUT2D eigenvalue weighted by Crippen LogP contribution is -2.27. The van der Waals surface area contributed by atoms with Gasteiger partial charge in [-0.05, 0) is 38.9 Å². The van der Waals surface area contributed by atoms with E-state index in [0.29, 0.717) is 6.04 Å². The van der Waals surface area contributed by atoms with Crippen LogP contribution in [0.25, 0.3) is 0 Å². The van der Waals surface area contributed by atoms with Gasteiger partial charge >= 0.3 is 0 Å². The van der Waals surface area contributed by atoms with Crippen LogP contribution >= 0.6 is 11.8 Å². The summed E-state index contributed by atoms with van der Waals surface area (Å²) in [5, 5.41) is 3.36. The molecule has 1 rings (SSSR count). The van der Waals surface area contributed by atoms with Gasteiger partial charge in [0.25, 0.3) is 0 Å². The first-order valence-corrected chi connectivity index (χ1v) is 7.01. The van der Waals surface area contributed by atoms with Gasteiger partial charge in [-0.2, -0.15) is 0 Å². The van der Waals surface area contributed by atoms with E-state index in [4.69, 9.17) is 0 Å². The zero-order valence-electron chi connectivity index (χ0n) is 10.9. The van der Waals surface area contributed by atoms with Crippen LogP contribution in [0.3, 0.4) is 0 Å². The summed E-state index contributed by atoms with van der Waals surface area (Å²) in [5.74, 6) is 7.17. The van der Waals surface area contributed by atoms with Crippen molar-refractivity contribution in [3.63, 3.8) is 0 Å². The van der Waals surface area contributed by atoms with Crippen molar-refractivity contribution in [3.8, 4) is 11.8 Å². The summed E-state index contributed by atoms with van der Waals surface area (Å²) in [7, 11) is 2.03. The van der Waals surface area contributed by atoms with Gasteiger partial charge in [-0.25, -0.2) is 0 Å². The molecule has 0 saturated heterocycles. The Bertz CT molecular complexity index is 389. The Morgan fingerprint density at radius 3 is 2.76 bits per heavy atom. The SMILES string of the molecule is CC#CCCC(CSc1ccccc1C)NC. The molecule has 0 bridgehead atoms. The molecular weight excluding hydrogens is 226 g/mol. The monoisotopic (exact) mass is 247 g/mol. The maximum absolute atomic E-state index is 3.36. The van der Waals surface area contributed by atoms with Gasteiger partial charge in [0.05, 0.1) is 0 Å². The second-order valence-corrected chi connectivity index (χ2v) is 5.09. The van der Waals surface area contributed by atoms with E-state index in [9.17, 15) is 0 Å². The van der Waals surface area contributed by atoms with Crippen molar-refractivity contribution in [1.29, 1.82) is 0 Å². The molecule has 17 heavy (non-hydrogen) atoms. The molecule has 1 aromatic carbocycles. The fourth-order valence-corrected chi connectivity index (χ4v) is 2.78. The zero-order chi connectivity index (χ0) is 12.5. The first-order valence-electron chi connectivity index (χ1n) is 6.03. The van der Waals surface area contributed by atoms with Crippen LogP contribution in [0.1, 0.15) is 25.3 Å². The van der Waals surface area contributed by atoms with Crippen LogP contribution in [0.15, 0.2) is 29.2 Å². The number of nitrogens with one attached hydrogen (secondary N) is 1. The number of hydrogen-bond acceptors (Lipinski definition) is 2. The molecule has 0 aliphatic heterocycles. The quantitative estimate of drug-likeness (QED) is 0.610. The van der Waals surface area contributed by atoms with Crippen LogP contribution in [-0.2, 0) is 0 Å². The Morgan fingerprint density at radius 2 is 2.12 bits per heavy atom. The maximum Gasteiger partial charge on any atom is 0.0167 e. The summed E-state index contributed by atoms with van der Waals surface area (Å²) in [4.78, 5) is 1.38. The van der Waals surface area contributed by atoms with Gasteiger partial charge in [0.15, 0.2) is 0 Å². The molecule has 0 amide bonds. The van der Waals surface area contributed by atoms with Crippen molar-refractivity contribution in [2.45, 2.75) is 37.6 Å². The smallest absolute Gasteiger partial charge is 0.0167 e. The first-order chi connectivity index (χ1) is 8.27. The second-order valence-electron chi connectivity index (χ2n) is 4.03. The van der Waals surface area contributed by atoms with E-state index in [2.05, 4.69) is 48.3 Å². The van der Waals surface area contributed by atoms with Crippen LogP contribution in [0.5, 0.6) is 0 Å². The van der Waals surface area contributed by atoms with Gasteiger partial charge in [-0.15, -0.1) is 23.6 Å². The molecule has 0 fully saturated rings. The summed E-state index contributed by atoms with van der Waals surface area (Å²) < 4.78 is 0. The van der Waals surface area contributed by atoms with Crippen molar-refractivity contribution in [3.05, 3.63) is 29.8 Å². The average molecular weight is 247 g/mol. The first kappa shape index (κ1) is 14.2. The van der Waals surface area contributed by atoms with E-state index in [-0.39, 0.29) is 0 Å². The molecule has 1 aromatic rings. The van der Waals surface area contributed by atoms with Crippen molar-refractivity contribution in [2.75, 3.05) is 12.8 Å². The third-order valence-electron chi connectivity index (χ3n) is 2.74. The van der Waals surface area contributed by atoms with Crippen molar-refractivity contribution in [1.82, 2.24) is 5.32 Å². The highest BCUT2D eigenvalue weighted by Gasteiger charge is 2.06. The number of aryl methyl sites for hydroxylation is 1. The predicted octanol–water partition coefficient (Wildman–Crippen LogP) is 3.48. The van der Waals surface area contributed by atoms with Gasteiger partial charge in [0.2, 0.25) is 0 Å². The highest BCUT2D eigenvalue weighted by Crippen LogP contribution is 2.23. The lowest BCUT2D eigenvalue weighted by Gasteiger charge is -2.15. The highest BCUT2D eigenvalue weighted by atomic mass is 32.2. The van der Waals surface area contributed by atoms with Crippen LogP contribution in [0.4, 0.5) is 0 Å². The largest absolute Gasteiger partial charge is 0.316 e. The molecule has 1 unspecified atom stereocenters. The molecule has 0 aliphatic carbocycles. The molecule has 1 N–H and O–H groups in total. The zero-order valence-corrected chi connectivity index (χ0v) is 11.7. The molecule has 1 nitrogen and oxygen atoms in total. The fraction of sp³-hybridized carbons (Fsp3) is 0.467. The molecule has 0 radical (unpaired) electrons. The standard InChI is InChI=1S/C15H21NS/c1-4-5-6-10-14(16-3)12-17-15-11-8-7-9-13(15)2/h7-9,11,14,16H,6,10,12H2,1-3H3. The molecule has 92 valence electrons. The minimum Gasteiger partial charge on any atom is -0.316 e. The summed E-state index contributed by atoms with van der Waals surface area (Å²) in [6, 6.07) is 9.09. The van der Waals surface area contributed by atoms with Gasteiger partial charge in [-0.1, -0.05) is 18.2 Å². The molecule has 2 heteroatoms. The molecule has 0 aliphatic rings. The summed E-state index contributed by atoms with van der Waals surface area (Å²) in [6.45, 7) is 4.07. The molecule has 1 atom stereocenters.